The summed E-state index contributed by atoms with van der Waals surface area (Å²) in [6.07, 6.45) is 4.63. The highest BCUT2D eigenvalue weighted by Gasteiger charge is 2.40. The number of fused-ring (bicyclic) bond motifs is 1. The molecule has 2 aromatic rings. The first-order valence-corrected chi connectivity index (χ1v) is 9.09. The average Bonchev–Trinajstić information content (AvgIpc) is 2.56. The number of pyridine rings is 1. The molecular weight excluding hydrogens is 314 g/mol. The SMILES string of the molecule is CNCCCC1Oc2ccccc2N(c2cccnc2)S1(O)O. The fraction of sp³-hybridized carbons (Fsp3) is 0.312. The van der Waals surface area contributed by atoms with Gasteiger partial charge in [0.2, 0.25) is 5.44 Å². The Morgan fingerprint density at radius 3 is 2.83 bits per heavy atom. The summed E-state index contributed by atoms with van der Waals surface area (Å²) in [6, 6.07) is 11.0. The zero-order valence-corrected chi connectivity index (χ0v) is 13.7. The molecule has 0 amide bonds. The van der Waals surface area contributed by atoms with Gasteiger partial charge in [-0.3, -0.25) is 14.1 Å². The second kappa shape index (κ2) is 6.76. The summed E-state index contributed by atoms with van der Waals surface area (Å²) in [7, 11) is -1.30. The van der Waals surface area contributed by atoms with Crippen molar-refractivity contribution in [2.45, 2.75) is 18.3 Å². The highest BCUT2D eigenvalue weighted by molar-refractivity contribution is 8.26. The number of anilines is 2. The van der Waals surface area contributed by atoms with Crippen molar-refractivity contribution in [1.29, 1.82) is 0 Å². The van der Waals surface area contributed by atoms with E-state index in [9.17, 15) is 9.11 Å². The number of hydrogen-bond donors (Lipinski definition) is 3. The number of benzene rings is 1. The van der Waals surface area contributed by atoms with Gasteiger partial charge in [-0.25, -0.2) is 4.31 Å². The highest BCUT2D eigenvalue weighted by Crippen LogP contribution is 2.61. The Labute approximate surface area is 137 Å². The fourth-order valence-corrected chi connectivity index (χ4v) is 4.43. The van der Waals surface area contributed by atoms with Crippen LogP contribution in [0.1, 0.15) is 12.8 Å². The first-order valence-electron chi connectivity index (χ1n) is 7.52. The van der Waals surface area contributed by atoms with Gasteiger partial charge in [-0.1, -0.05) is 22.9 Å². The molecule has 124 valence electrons. The van der Waals surface area contributed by atoms with Crippen LogP contribution in [0.2, 0.25) is 0 Å². The maximum atomic E-state index is 10.9. The molecule has 3 rings (SSSR count). The number of hydrogen-bond acceptors (Lipinski definition) is 6. The van der Waals surface area contributed by atoms with E-state index in [1.165, 1.54) is 0 Å². The number of aromatic nitrogens is 1. The van der Waals surface area contributed by atoms with E-state index in [1.54, 1.807) is 22.8 Å². The van der Waals surface area contributed by atoms with Gasteiger partial charge in [0.1, 0.15) is 11.4 Å². The maximum Gasteiger partial charge on any atom is 0.206 e. The van der Waals surface area contributed by atoms with E-state index in [2.05, 4.69) is 10.3 Å². The third-order valence-corrected chi connectivity index (χ3v) is 5.69. The molecule has 7 heteroatoms. The van der Waals surface area contributed by atoms with Gasteiger partial charge in [-0.05, 0) is 44.3 Å². The van der Waals surface area contributed by atoms with E-state index in [4.69, 9.17) is 4.74 Å². The van der Waals surface area contributed by atoms with Crippen molar-refractivity contribution < 1.29 is 13.8 Å². The van der Waals surface area contributed by atoms with Gasteiger partial charge in [-0.2, -0.15) is 0 Å². The van der Waals surface area contributed by atoms with E-state index in [0.29, 0.717) is 23.5 Å². The van der Waals surface area contributed by atoms with Crippen LogP contribution in [0, 0.1) is 0 Å². The van der Waals surface area contributed by atoms with Crippen molar-refractivity contribution in [3.63, 3.8) is 0 Å². The average molecular weight is 335 g/mol. The Hall–Kier alpha value is -1.80. The molecular formula is C16H21N3O3S. The highest BCUT2D eigenvalue weighted by atomic mass is 32.3. The summed E-state index contributed by atoms with van der Waals surface area (Å²) < 4.78 is 29.2. The molecule has 0 bridgehead atoms. The second-order valence-electron chi connectivity index (χ2n) is 5.33. The van der Waals surface area contributed by atoms with Crippen LogP contribution >= 0.6 is 10.8 Å². The molecule has 1 atom stereocenters. The molecule has 1 aliphatic rings. The first-order chi connectivity index (χ1) is 11.1. The molecule has 1 aromatic heterocycles. The molecule has 2 heterocycles. The van der Waals surface area contributed by atoms with Crippen LogP contribution in [-0.2, 0) is 0 Å². The lowest BCUT2D eigenvalue weighted by molar-refractivity contribution is 0.235. The number of para-hydroxylation sites is 2. The Kier molecular flexibility index (Phi) is 4.72. The van der Waals surface area contributed by atoms with Gasteiger partial charge >= 0.3 is 0 Å². The van der Waals surface area contributed by atoms with Crippen LogP contribution in [0.25, 0.3) is 0 Å². The van der Waals surface area contributed by atoms with Crippen LogP contribution in [0.3, 0.4) is 0 Å². The number of nitrogens with one attached hydrogen (secondary N) is 1. The standard InChI is InChI=1S/C16H21N3O3S/c1-17-10-5-9-16-22-15-8-3-2-7-14(15)19(23(16,20)21)13-6-4-11-18-12-13/h2-4,6-8,11-12,16-17,20-21H,5,9-10H2,1H3. The Balaban J connectivity index is 2.00. The molecule has 0 spiro atoms. The molecule has 0 radical (unpaired) electrons. The van der Waals surface area contributed by atoms with Crippen LogP contribution in [-0.4, -0.2) is 33.1 Å². The van der Waals surface area contributed by atoms with E-state index >= 15 is 0 Å². The minimum Gasteiger partial charge on any atom is -0.467 e. The molecule has 1 unspecified atom stereocenters. The van der Waals surface area contributed by atoms with Crippen molar-refractivity contribution in [3.8, 4) is 5.75 Å². The van der Waals surface area contributed by atoms with Gasteiger partial charge in [-0.15, -0.1) is 0 Å². The van der Waals surface area contributed by atoms with Crippen LogP contribution in [0.4, 0.5) is 11.4 Å². The molecule has 1 aliphatic heterocycles. The third-order valence-electron chi connectivity index (χ3n) is 3.71. The van der Waals surface area contributed by atoms with E-state index in [0.717, 1.165) is 13.0 Å². The molecule has 23 heavy (non-hydrogen) atoms. The molecule has 0 fully saturated rings. The van der Waals surface area contributed by atoms with Gasteiger partial charge in [0.25, 0.3) is 0 Å². The largest absolute Gasteiger partial charge is 0.467 e. The summed E-state index contributed by atoms with van der Waals surface area (Å²) in [4.78, 5) is 4.10. The summed E-state index contributed by atoms with van der Waals surface area (Å²) >= 11 is 0. The van der Waals surface area contributed by atoms with Crippen molar-refractivity contribution in [2.24, 2.45) is 0 Å². The first kappa shape index (κ1) is 16.1. The lowest BCUT2D eigenvalue weighted by Crippen LogP contribution is -2.39. The van der Waals surface area contributed by atoms with E-state index in [-0.39, 0.29) is 0 Å². The van der Waals surface area contributed by atoms with Gasteiger partial charge in [0, 0.05) is 12.6 Å². The molecule has 0 aliphatic carbocycles. The van der Waals surface area contributed by atoms with Gasteiger partial charge < -0.3 is 10.1 Å². The number of nitrogens with zero attached hydrogens (tertiary/aromatic N) is 2. The second-order valence-corrected chi connectivity index (χ2v) is 7.34. The molecule has 6 nitrogen and oxygen atoms in total. The van der Waals surface area contributed by atoms with Crippen molar-refractivity contribution >= 4 is 22.2 Å². The smallest absolute Gasteiger partial charge is 0.206 e. The van der Waals surface area contributed by atoms with Crippen LogP contribution < -0.4 is 14.4 Å². The summed E-state index contributed by atoms with van der Waals surface area (Å²) in [5.41, 5.74) is 0.609. The third kappa shape index (κ3) is 3.13. The fourth-order valence-electron chi connectivity index (χ4n) is 2.62. The predicted molar refractivity (Wildman–Crippen MR) is 93.2 cm³/mol. The minimum absolute atomic E-state index is 0.550. The topological polar surface area (TPSA) is 77.9 Å². The number of rotatable bonds is 5. The number of ether oxygens (including phenoxy) is 1. The Bertz CT molecular complexity index is 654. The summed E-state index contributed by atoms with van der Waals surface area (Å²) in [5, 5.41) is 3.06. The molecule has 0 saturated carbocycles. The van der Waals surface area contributed by atoms with Crippen molar-refractivity contribution in [3.05, 3.63) is 48.8 Å². The zero-order chi connectivity index (χ0) is 16.3. The van der Waals surface area contributed by atoms with E-state index in [1.807, 2.05) is 37.4 Å². The van der Waals surface area contributed by atoms with Crippen LogP contribution in [0.5, 0.6) is 5.75 Å². The zero-order valence-electron chi connectivity index (χ0n) is 12.9. The van der Waals surface area contributed by atoms with Gasteiger partial charge in [0.05, 0.1) is 11.9 Å². The molecule has 0 saturated heterocycles. The van der Waals surface area contributed by atoms with Gasteiger partial charge in [0.15, 0.2) is 0 Å². The summed E-state index contributed by atoms with van der Waals surface area (Å²) in [5.74, 6) is 0.650. The van der Waals surface area contributed by atoms with Crippen molar-refractivity contribution in [1.82, 2.24) is 10.3 Å². The maximum absolute atomic E-state index is 10.9. The Morgan fingerprint density at radius 1 is 1.26 bits per heavy atom. The molecule has 3 N–H and O–H groups in total. The van der Waals surface area contributed by atoms with Crippen LogP contribution in [0.15, 0.2) is 48.8 Å². The normalized spacial score (nSPS) is 20.5. The lowest BCUT2D eigenvalue weighted by atomic mass is 10.2. The summed E-state index contributed by atoms with van der Waals surface area (Å²) in [6.45, 7) is 0.796. The minimum atomic E-state index is -3.17. The molecule has 1 aromatic carbocycles. The lowest BCUT2D eigenvalue weighted by Gasteiger charge is -2.51. The Morgan fingerprint density at radius 2 is 2.09 bits per heavy atom. The quantitative estimate of drug-likeness (QED) is 0.725. The van der Waals surface area contributed by atoms with E-state index < -0.39 is 16.2 Å². The monoisotopic (exact) mass is 335 g/mol. The predicted octanol–water partition coefficient (Wildman–Crippen LogP) is 3.60. The van der Waals surface area contributed by atoms with Crippen molar-refractivity contribution in [2.75, 3.05) is 17.9 Å².